The lowest BCUT2D eigenvalue weighted by molar-refractivity contribution is 0.101. The normalized spacial score (nSPS) is 20.1. The Morgan fingerprint density at radius 2 is 2.25 bits per heavy atom. The fourth-order valence-corrected chi connectivity index (χ4v) is 2.22. The van der Waals surface area contributed by atoms with E-state index < -0.39 is 0 Å². The summed E-state index contributed by atoms with van der Waals surface area (Å²) in [5.41, 5.74) is 8.10. The van der Waals surface area contributed by atoms with Gasteiger partial charge in [0.05, 0.1) is 0 Å². The maximum Gasteiger partial charge on any atom is 0.161 e. The molecule has 86 valence electrons. The van der Waals surface area contributed by atoms with E-state index in [1.807, 2.05) is 18.2 Å². The zero-order valence-electron chi connectivity index (χ0n) is 9.86. The smallest absolute Gasteiger partial charge is 0.161 e. The van der Waals surface area contributed by atoms with Crippen molar-refractivity contribution in [1.29, 1.82) is 0 Å². The molecule has 0 aromatic heterocycles. The minimum absolute atomic E-state index is 0.0339. The second kappa shape index (κ2) is 4.16. The first kappa shape index (κ1) is 11.0. The third-order valence-corrected chi connectivity index (χ3v) is 3.21. The zero-order valence-corrected chi connectivity index (χ0v) is 9.86. The van der Waals surface area contributed by atoms with E-state index in [-0.39, 0.29) is 5.78 Å². The van der Waals surface area contributed by atoms with Gasteiger partial charge in [-0.2, -0.15) is 0 Å². The van der Waals surface area contributed by atoms with Crippen LogP contribution in [-0.2, 0) is 0 Å². The summed E-state index contributed by atoms with van der Waals surface area (Å²) in [7, 11) is 0. The molecule has 3 nitrogen and oxygen atoms in total. The zero-order chi connectivity index (χ0) is 11.7. The Balaban J connectivity index is 2.29. The van der Waals surface area contributed by atoms with Gasteiger partial charge < -0.3 is 10.6 Å². The van der Waals surface area contributed by atoms with Crippen molar-refractivity contribution in [1.82, 2.24) is 0 Å². The Kier molecular flexibility index (Phi) is 2.86. The van der Waals surface area contributed by atoms with E-state index in [1.54, 1.807) is 6.92 Å². The molecule has 1 aromatic rings. The summed E-state index contributed by atoms with van der Waals surface area (Å²) in [5.74, 6) is 0.768. The van der Waals surface area contributed by atoms with Crippen LogP contribution in [0.15, 0.2) is 18.2 Å². The van der Waals surface area contributed by atoms with E-state index in [4.69, 9.17) is 5.73 Å². The average Bonchev–Trinajstić information content (AvgIpc) is 2.65. The highest BCUT2D eigenvalue weighted by Gasteiger charge is 2.19. The van der Waals surface area contributed by atoms with Crippen LogP contribution in [0.1, 0.15) is 30.6 Å². The number of rotatable bonds is 2. The van der Waals surface area contributed by atoms with Crippen molar-refractivity contribution >= 4 is 17.2 Å². The van der Waals surface area contributed by atoms with E-state index in [0.29, 0.717) is 11.3 Å². The number of carbonyl (C=O) groups excluding carboxylic acids is 1. The molecule has 1 fully saturated rings. The fourth-order valence-electron chi connectivity index (χ4n) is 2.22. The van der Waals surface area contributed by atoms with Crippen molar-refractivity contribution in [3.63, 3.8) is 0 Å². The number of Topliss-reactive ketones (excluding diaryl/α,β-unsaturated/α-hetero) is 1. The van der Waals surface area contributed by atoms with Gasteiger partial charge in [0, 0.05) is 30.0 Å². The van der Waals surface area contributed by atoms with E-state index in [9.17, 15) is 4.79 Å². The number of benzene rings is 1. The molecule has 2 rings (SSSR count). The average molecular weight is 218 g/mol. The predicted octanol–water partition coefficient (Wildman–Crippen LogP) is 2.32. The summed E-state index contributed by atoms with van der Waals surface area (Å²) >= 11 is 0. The quantitative estimate of drug-likeness (QED) is 0.612. The highest BCUT2D eigenvalue weighted by molar-refractivity contribution is 6.00. The van der Waals surface area contributed by atoms with Gasteiger partial charge in [-0.3, -0.25) is 4.79 Å². The molecule has 0 amide bonds. The third-order valence-electron chi connectivity index (χ3n) is 3.21. The van der Waals surface area contributed by atoms with Crippen molar-refractivity contribution in [3.8, 4) is 0 Å². The Morgan fingerprint density at radius 1 is 1.50 bits per heavy atom. The number of hydrogen-bond acceptors (Lipinski definition) is 3. The molecule has 0 spiro atoms. The van der Waals surface area contributed by atoms with Crippen LogP contribution in [0.4, 0.5) is 11.4 Å². The number of nitrogen functional groups attached to an aromatic ring is 1. The number of nitrogens with two attached hydrogens (primary N) is 1. The van der Waals surface area contributed by atoms with Crippen LogP contribution in [0.5, 0.6) is 0 Å². The van der Waals surface area contributed by atoms with Crippen molar-refractivity contribution in [2.45, 2.75) is 20.3 Å². The van der Waals surface area contributed by atoms with Gasteiger partial charge in [0.1, 0.15) is 0 Å². The highest BCUT2D eigenvalue weighted by atomic mass is 16.1. The number of anilines is 2. The van der Waals surface area contributed by atoms with Gasteiger partial charge in [-0.25, -0.2) is 0 Å². The molecule has 2 N–H and O–H groups in total. The minimum Gasteiger partial charge on any atom is -0.398 e. The molecule has 1 aliphatic heterocycles. The molecular weight excluding hydrogens is 200 g/mol. The predicted molar refractivity (Wildman–Crippen MR) is 66.9 cm³/mol. The number of ketones is 1. The summed E-state index contributed by atoms with van der Waals surface area (Å²) in [5, 5.41) is 0. The van der Waals surface area contributed by atoms with Gasteiger partial charge in [-0.05, 0) is 37.5 Å². The topological polar surface area (TPSA) is 46.3 Å². The SMILES string of the molecule is CC(=O)c1cc(N2CCC(C)C2)ccc1N. The highest BCUT2D eigenvalue weighted by Crippen LogP contribution is 2.26. The standard InChI is InChI=1S/C13H18N2O/c1-9-5-6-15(8-9)11-3-4-13(14)12(7-11)10(2)16/h3-4,7,9H,5-6,8,14H2,1-2H3. The van der Waals surface area contributed by atoms with Gasteiger partial charge >= 0.3 is 0 Å². The van der Waals surface area contributed by atoms with E-state index in [0.717, 1.165) is 24.7 Å². The second-order valence-electron chi connectivity index (χ2n) is 4.67. The Bertz CT molecular complexity index is 414. The maximum absolute atomic E-state index is 11.4. The summed E-state index contributed by atoms with van der Waals surface area (Å²) < 4.78 is 0. The van der Waals surface area contributed by atoms with Crippen LogP contribution < -0.4 is 10.6 Å². The van der Waals surface area contributed by atoms with Crippen LogP contribution in [0.2, 0.25) is 0 Å². The van der Waals surface area contributed by atoms with Crippen LogP contribution in [0.25, 0.3) is 0 Å². The van der Waals surface area contributed by atoms with E-state index >= 15 is 0 Å². The van der Waals surface area contributed by atoms with Gasteiger partial charge in [-0.1, -0.05) is 6.92 Å². The molecule has 0 saturated carbocycles. The number of hydrogen-bond donors (Lipinski definition) is 1. The Hall–Kier alpha value is -1.51. The molecule has 1 saturated heterocycles. The van der Waals surface area contributed by atoms with Crippen LogP contribution in [0, 0.1) is 5.92 Å². The van der Waals surface area contributed by atoms with Crippen molar-refractivity contribution in [2.75, 3.05) is 23.7 Å². The van der Waals surface area contributed by atoms with E-state index in [1.165, 1.54) is 6.42 Å². The first-order valence-electron chi connectivity index (χ1n) is 5.73. The summed E-state index contributed by atoms with van der Waals surface area (Å²) in [6.07, 6.45) is 1.22. The fraction of sp³-hybridized carbons (Fsp3) is 0.462. The molecule has 0 bridgehead atoms. The molecule has 1 aliphatic rings. The maximum atomic E-state index is 11.4. The summed E-state index contributed by atoms with van der Waals surface area (Å²) in [4.78, 5) is 13.7. The number of carbonyl (C=O) groups is 1. The summed E-state index contributed by atoms with van der Waals surface area (Å²) in [6, 6.07) is 5.74. The molecule has 1 aromatic carbocycles. The molecule has 3 heteroatoms. The largest absolute Gasteiger partial charge is 0.398 e. The lowest BCUT2D eigenvalue weighted by atomic mass is 10.1. The van der Waals surface area contributed by atoms with Gasteiger partial charge in [0.15, 0.2) is 5.78 Å². The Morgan fingerprint density at radius 3 is 2.81 bits per heavy atom. The number of nitrogens with zero attached hydrogens (tertiary/aromatic N) is 1. The van der Waals surface area contributed by atoms with Crippen LogP contribution in [0.3, 0.4) is 0 Å². The molecule has 0 radical (unpaired) electrons. The van der Waals surface area contributed by atoms with Crippen molar-refractivity contribution in [2.24, 2.45) is 5.92 Å². The first-order valence-corrected chi connectivity index (χ1v) is 5.73. The molecule has 1 atom stereocenters. The minimum atomic E-state index is 0.0339. The van der Waals surface area contributed by atoms with Gasteiger partial charge in [0.25, 0.3) is 0 Å². The first-order chi connectivity index (χ1) is 7.58. The van der Waals surface area contributed by atoms with E-state index in [2.05, 4.69) is 11.8 Å². The molecule has 16 heavy (non-hydrogen) atoms. The second-order valence-corrected chi connectivity index (χ2v) is 4.67. The monoisotopic (exact) mass is 218 g/mol. The lowest BCUT2D eigenvalue weighted by Gasteiger charge is -2.19. The molecule has 1 heterocycles. The Labute approximate surface area is 96.2 Å². The van der Waals surface area contributed by atoms with Crippen LogP contribution in [-0.4, -0.2) is 18.9 Å². The third kappa shape index (κ3) is 2.03. The molecular formula is C13H18N2O. The molecule has 0 aliphatic carbocycles. The van der Waals surface area contributed by atoms with Gasteiger partial charge in [0.2, 0.25) is 0 Å². The van der Waals surface area contributed by atoms with Crippen LogP contribution >= 0.6 is 0 Å². The lowest BCUT2D eigenvalue weighted by Crippen LogP contribution is -2.19. The van der Waals surface area contributed by atoms with Gasteiger partial charge in [-0.15, -0.1) is 0 Å². The molecule has 1 unspecified atom stereocenters. The summed E-state index contributed by atoms with van der Waals surface area (Å²) in [6.45, 7) is 5.95. The van der Waals surface area contributed by atoms with Crippen molar-refractivity contribution in [3.05, 3.63) is 23.8 Å². The van der Waals surface area contributed by atoms with Crippen molar-refractivity contribution < 1.29 is 4.79 Å².